The average Bonchev–Trinajstić information content (AvgIpc) is 3.64. The first-order valence-electron chi connectivity index (χ1n) is 16.5. The van der Waals surface area contributed by atoms with E-state index in [1.54, 1.807) is 6.20 Å². The van der Waals surface area contributed by atoms with Gasteiger partial charge < -0.3 is 20.4 Å². The fraction of sp³-hybridized carbons (Fsp3) is 0.225. The fourth-order valence-corrected chi connectivity index (χ4v) is 6.05. The van der Waals surface area contributed by atoms with Gasteiger partial charge in [-0.2, -0.15) is 0 Å². The topological polar surface area (TPSA) is 126 Å². The molecule has 1 unspecified atom stereocenters. The number of H-pyrrole nitrogens is 1. The zero-order valence-corrected chi connectivity index (χ0v) is 27.2. The number of aromatic amines is 1. The number of amides is 3. The van der Waals surface area contributed by atoms with Gasteiger partial charge in [0, 0.05) is 31.0 Å². The van der Waals surface area contributed by atoms with E-state index < -0.39 is 23.9 Å². The van der Waals surface area contributed by atoms with E-state index in [1.807, 2.05) is 103 Å². The summed E-state index contributed by atoms with van der Waals surface area (Å²) >= 11 is 0. The summed E-state index contributed by atoms with van der Waals surface area (Å²) in [6.45, 7) is 0.464. The largest absolute Gasteiger partial charge is 0.445 e. The van der Waals surface area contributed by atoms with Crippen LogP contribution >= 0.6 is 0 Å². The molecule has 1 fully saturated rings. The average molecular weight is 654 g/mol. The Labute approximate surface area is 285 Å². The second-order valence-corrected chi connectivity index (χ2v) is 12.3. The van der Waals surface area contributed by atoms with Crippen molar-refractivity contribution in [2.24, 2.45) is 4.99 Å². The van der Waals surface area contributed by atoms with Gasteiger partial charge in [-0.15, -0.1) is 0 Å². The Balaban J connectivity index is 1.23. The third-order valence-electron chi connectivity index (χ3n) is 9.00. The van der Waals surface area contributed by atoms with Gasteiger partial charge in [-0.3, -0.25) is 9.59 Å². The van der Waals surface area contributed by atoms with Crippen molar-refractivity contribution in [3.05, 3.63) is 150 Å². The Morgan fingerprint density at radius 1 is 0.816 bits per heavy atom. The van der Waals surface area contributed by atoms with Crippen molar-refractivity contribution in [3.63, 3.8) is 0 Å². The molecule has 0 radical (unpaired) electrons. The molecule has 3 N–H and O–H groups in total. The number of carbonyl (C=O) groups is 3. The first-order valence-corrected chi connectivity index (χ1v) is 16.5. The number of rotatable bonds is 13. The standard InChI is InChI=1S/C40H39N5O4/c46-37(42-27-40(21-10-22-40)33-15-8-3-9-16-33)35(23-29-17-19-32(20-18-29)31-13-6-2-7-14-31)44-38(47)36(24-34-25-41-28-43-34)45-39(48)49-26-30-11-4-1-5-12-30/h1-9,11-20,25,28,36H,10,21-24,26-27H2,(H,41,43)(H,42,46)(H,45,48). The molecule has 5 aromatic rings. The lowest BCUT2D eigenvalue weighted by Gasteiger charge is -2.42. The summed E-state index contributed by atoms with van der Waals surface area (Å²) < 4.78 is 5.40. The molecule has 1 atom stereocenters. The van der Waals surface area contributed by atoms with E-state index in [1.165, 1.54) is 11.9 Å². The summed E-state index contributed by atoms with van der Waals surface area (Å²) in [5.74, 6) is -1.10. The molecule has 9 nitrogen and oxygen atoms in total. The summed E-state index contributed by atoms with van der Waals surface area (Å²) in [4.78, 5) is 52.1. The van der Waals surface area contributed by atoms with Gasteiger partial charge in [-0.05, 0) is 40.7 Å². The maximum atomic E-state index is 13.9. The van der Waals surface area contributed by atoms with E-state index in [9.17, 15) is 14.4 Å². The number of nitrogens with one attached hydrogen (secondary N) is 3. The lowest BCUT2D eigenvalue weighted by molar-refractivity contribution is -0.120. The number of carbonyl (C=O) groups excluding carboxylic acids is 3. The molecule has 3 amide bonds. The summed E-state index contributed by atoms with van der Waals surface area (Å²) in [5, 5.41) is 5.75. The number of imidazole rings is 1. The Hall–Kier alpha value is -5.83. The van der Waals surface area contributed by atoms with Crippen molar-refractivity contribution >= 4 is 23.6 Å². The van der Waals surface area contributed by atoms with Crippen LogP contribution in [0.3, 0.4) is 0 Å². The van der Waals surface area contributed by atoms with E-state index in [-0.39, 0.29) is 30.6 Å². The van der Waals surface area contributed by atoms with Crippen molar-refractivity contribution in [2.75, 3.05) is 6.54 Å². The molecule has 0 aliphatic heterocycles. The second-order valence-electron chi connectivity index (χ2n) is 12.3. The molecule has 49 heavy (non-hydrogen) atoms. The number of aliphatic imine (C=N–C) groups is 1. The number of benzene rings is 4. The van der Waals surface area contributed by atoms with Crippen molar-refractivity contribution in [1.29, 1.82) is 0 Å². The Kier molecular flexibility index (Phi) is 10.7. The number of ether oxygens (including phenoxy) is 1. The molecule has 6 rings (SSSR count). The smallest absolute Gasteiger partial charge is 0.408 e. The highest BCUT2D eigenvalue weighted by molar-refractivity contribution is 6.41. The van der Waals surface area contributed by atoms with Gasteiger partial charge in [0.2, 0.25) is 0 Å². The van der Waals surface area contributed by atoms with Crippen molar-refractivity contribution in [3.8, 4) is 11.1 Å². The Morgan fingerprint density at radius 2 is 1.47 bits per heavy atom. The van der Waals surface area contributed by atoms with Gasteiger partial charge in [0.25, 0.3) is 11.8 Å². The maximum absolute atomic E-state index is 13.9. The molecule has 0 bridgehead atoms. The van der Waals surface area contributed by atoms with E-state index in [0.717, 1.165) is 41.5 Å². The van der Waals surface area contributed by atoms with Gasteiger partial charge >= 0.3 is 6.09 Å². The van der Waals surface area contributed by atoms with Gasteiger partial charge in [0.05, 0.1) is 12.0 Å². The highest BCUT2D eigenvalue weighted by atomic mass is 16.5. The molecule has 1 aromatic heterocycles. The molecular weight excluding hydrogens is 614 g/mol. The van der Waals surface area contributed by atoms with Crippen LogP contribution in [0.2, 0.25) is 0 Å². The highest BCUT2D eigenvalue weighted by Gasteiger charge is 2.39. The van der Waals surface area contributed by atoms with Gasteiger partial charge in [0.1, 0.15) is 18.4 Å². The number of nitrogens with zero attached hydrogens (tertiary/aromatic N) is 2. The van der Waals surface area contributed by atoms with Crippen LogP contribution in [-0.2, 0) is 39.2 Å². The van der Waals surface area contributed by atoms with Gasteiger partial charge in [-0.25, -0.2) is 14.8 Å². The minimum Gasteiger partial charge on any atom is -0.445 e. The zero-order chi connectivity index (χ0) is 33.9. The monoisotopic (exact) mass is 653 g/mol. The Bertz CT molecular complexity index is 1850. The third kappa shape index (κ3) is 8.75. The molecule has 1 heterocycles. The summed E-state index contributed by atoms with van der Waals surface area (Å²) in [6.07, 6.45) is 5.56. The van der Waals surface area contributed by atoms with Gasteiger partial charge in [-0.1, -0.05) is 122 Å². The predicted octanol–water partition coefficient (Wildman–Crippen LogP) is 6.36. The molecule has 1 aliphatic rings. The highest BCUT2D eigenvalue weighted by Crippen LogP contribution is 2.43. The van der Waals surface area contributed by atoms with E-state index in [0.29, 0.717) is 12.2 Å². The normalized spacial score (nSPS) is 14.2. The Morgan fingerprint density at radius 3 is 2.10 bits per heavy atom. The molecule has 0 spiro atoms. The quantitative estimate of drug-likeness (QED) is 0.128. The molecule has 1 saturated carbocycles. The third-order valence-corrected chi connectivity index (χ3v) is 9.00. The van der Waals surface area contributed by atoms with Crippen molar-refractivity contribution in [1.82, 2.24) is 20.6 Å². The molecular formula is C40H39N5O4. The number of hydrogen-bond acceptors (Lipinski definition) is 5. The van der Waals surface area contributed by atoms with Crippen LogP contribution in [-0.4, -0.2) is 46.2 Å². The first kappa shape index (κ1) is 33.1. The minimum atomic E-state index is -1.11. The number of aromatic nitrogens is 2. The van der Waals surface area contributed by atoms with E-state index >= 15 is 0 Å². The van der Waals surface area contributed by atoms with Crippen LogP contribution in [0.15, 0.2) is 133 Å². The van der Waals surface area contributed by atoms with E-state index in [4.69, 9.17) is 4.74 Å². The maximum Gasteiger partial charge on any atom is 0.408 e. The van der Waals surface area contributed by atoms with E-state index in [2.05, 4.69) is 37.7 Å². The fourth-order valence-electron chi connectivity index (χ4n) is 6.05. The second kappa shape index (κ2) is 15.8. The molecule has 248 valence electrons. The van der Waals surface area contributed by atoms with Crippen LogP contribution in [0.5, 0.6) is 0 Å². The summed E-state index contributed by atoms with van der Waals surface area (Å²) in [5.41, 5.74) is 5.38. The lowest BCUT2D eigenvalue weighted by atomic mass is 9.64. The summed E-state index contributed by atoms with van der Waals surface area (Å²) in [6, 6.07) is 36.2. The first-order chi connectivity index (χ1) is 24.0. The molecule has 9 heteroatoms. The number of hydrogen-bond donors (Lipinski definition) is 3. The zero-order valence-electron chi connectivity index (χ0n) is 27.2. The van der Waals surface area contributed by atoms with Crippen LogP contribution in [0.25, 0.3) is 11.1 Å². The SMILES string of the molecule is O=C(NC(Cc1c[nH]cn1)C(=O)N=C(Cc1ccc(-c2ccccc2)cc1)C(=O)NCC1(c2ccccc2)CCC1)OCc1ccccc1. The van der Waals surface area contributed by atoms with Crippen LogP contribution in [0.1, 0.15) is 41.6 Å². The van der Waals surface area contributed by atoms with Gasteiger partial charge in [0.15, 0.2) is 0 Å². The minimum absolute atomic E-state index is 0.0368. The predicted molar refractivity (Wildman–Crippen MR) is 189 cm³/mol. The van der Waals surface area contributed by atoms with Crippen LogP contribution in [0, 0.1) is 0 Å². The van der Waals surface area contributed by atoms with Crippen LogP contribution < -0.4 is 10.6 Å². The summed E-state index contributed by atoms with van der Waals surface area (Å²) in [7, 11) is 0. The molecule has 0 saturated heterocycles. The molecule has 4 aromatic carbocycles. The molecule has 1 aliphatic carbocycles. The lowest BCUT2D eigenvalue weighted by Crippen LogP contribution is -2.48. The van der Waals surface area contributed by atoms with Crippen molar-refractivity contribution < 1.29 is 19.1 Å². The van der Waals surface area contributed by atoms with Crippen LogP contribution in [0.4, 0.5) is 4.79 Å². The van der Waals surface area contributed by atoms with Crippen molar-refractivity contribution in [2.45, 2.75) is 50.2 Å². The number of alkyl carbamates (subject to hydrolysis) is 1.